The minimum Gasteiger partial charge on any atom is -0.368 e. The van der Waals surface area contributed by atoms with Gasteiger partial charge in [-0.25, -0.2) is 9.67 Å². The van der Waals surface area contributed by atoms with Crippen molar-refractivity contribution in [1.29, 1.82) is 0 Å². The fraction of sp³-hybridized carbons (Fsp3) is 0.208. The maximum absolute atomic E-state index is 12.6. The Kier molecular flexibility index (Phi) is 6.63. The van der Waals surface area contributed by atoms with Crippen LogP contribution in [0.5, 0.6) is 0 Å². The van der Waals surface area contributed by atoms with Gasteiger partial charge < -0.3 is 15.1 Å². The van der Waals surface area contributed by atoms with Crippen molar-refractivity contribution in [3.05, 3.63) is 76.9 Å². The molecule has 1 N–H and O–H groups in total. The highest BCUT2D eigenvalue weighted by Crippen LogP contribution is 2.27. The van der Waals surface area contributed by atoms with E-state index < -0.39 is 0 Å². The lowest BCUT2D eigenvalue weighted by atomic mass is 10.2. The summed E-state index contributed by atoms with van der Waals surface area (Å²) in [7, 11) is 2.13. The minimum absolute atomic E-state index is 0.213. The predicted octanol–water partition coefficient (Wildman–Crippen LogP) is 4.04. The van der Waals surface area contributed by atoms with Gasteiger partial charge in [0.25, 0.3) is 5.91 Å². The lowest BCUT2D eigenvalue weighted by Crippen LogP contribution is -2.44. The Morgan fingerprint density at radius 3 is 2.66 bits per heavy atom. The van der Waals surface area contributed by atoms with E-state index in [-0.39, 0.29) is 16.8 Å². The molecule has 178 valence electrons. The summed E-state index contributed by atoms with van der Waals surface area (Å²) in [6.07, 6.45) is 5.43. The number of carbonyl (C=O) groups excluding carboxylic acids is 1. The van der Waals surface area contributed by atoms with Gasteiger partial charge in [0, 0.05) is 43.6 Å². The molecule has 1 aliphatic rings. The molecule has 0 saturated carbocycles. The topological polar surface area (TPSA) is 92.1 Å². The van der Waals surface area contributed by atoms with Gasteiger partial charge in [0.15, 0.2) is 0 Å². The number of likely N-dealkylation sites (N-methyl/N-ethyl adjacent to an activating group) is 1. The number of benzene rings is 1. The summed E-state index contributed by atoms with van der Waals surface area (Å²) in [5.74, 6) is -0.383. The second kappa shape index (κ2) is 9.99. The van der Waals surface area contributed by atoms with Gasteiger partial charge in [-0.05, 0) is 43.4 Å². The zero-order valence-electron chi connectivity index (χ0n) is 18.9. The molecule has 1 aromatic carbocycles. The molecule has 9 nitrogen and oxygen atoms in total. The standard InChI is InChI=1S/C24H22Cl2N8O/c1-32-7-9-33(10-8-32)18-11-16(13-27-14-18)21-15-34(31-30-21)22-12-17(5-6-19(22)25)28-24(35)20-3-2-4-23(26)29-20/h2-6,11-15H,7-10H2,1H3,(H,28,35). The van der Waals surface area contributed by atoms with Crippen LogP contribution in [0.2, 0.25) is 10.2 Å². The summed E-state index contributed by atoms with van der Waals surface area (Å²) in [6, 6.07) is 12.1. The van der Waals surface area contributed by atoms with Crippen molar-refractivity contribution >= 4 is 40.5 Å². The second-order valence-corrected chi connectivity index (χ2v) is 9.03. The molecule has 3 aromatic heterocycles. The highest BCUT2D eigenvalue weighted by atomic mass is 35.5. The number of anilines is 2. The van der Waals surface area contributed by atoms with Gasteiger partial charge in [-0.15, -0.1) is 5.10 Å². The van der Waals surface area contributed by atoms with Gasteiger partial charge in [0.05, 0.1) is 28.8 Å². The van der Waals surface area contributed by atoms with Crippen LogP contribution < -0.4 is 10.2 Å². The predicted molar refractivity (Wildman–Crippen MR) is 137 cm³/mol. The number of rotatable bonds is 5. The number of nitrogens with zero attached hydrogens (tertiary/aromatic N) is 7. The summed E-state index contributed by atoms with van der Waals surface area (Å²) in [6.45, 7) is 3.93. The highest BCUT2D eigenvalue weighted by molar-refractivity contribution is 6.32. The number of halogens is 2. The molecular formula is C24H22Cl2N8O. The van der Waals surface area contributed by atoms with Crippen LogP contribution in [0.25, 0.3) is 16.9 Å². The normalized spacial score (nSPS) is 14.2. The zero-order chi connectivity index (χ0) is 24.4. The third kappa shape index (κ3) is 5.27. The van der Waals surface area contributed by atoms with Gasteiger partial charge in [-0.2, -0.15) is 0 Å². The SMILES string of the molecule is CN1CCN(c2cncc(-c3cn(-c4cc(NC(=O)c5cccc(Cl)n5)ccc4Cl)nn3)c2)CC1. The Bertz CT molecular complexity index is 1370. The van der Waals surface area contributed by atoms with E-state index in [2.05, 4.69) is 48.5 Å². The third-order valence-corrected chi connectivity index (χ3v) is 6.31. The van der Waals surface area contributed by atoms with Gasteiger partial charge in [-0.3, -0.25) is 9.78 Å². The van der Waals surface area contributed by atoms with Crippen LogP contribution in [0.3, 0.4) is 0 Å². The van der Waals surface area contributed by atoms with E-state index in [1.54, 1.807) is 53.5 Å². The Balaban J connectivity index is 1.37. The summed E-state index contributed by atoms with van der Waals surface area (Å²) in [4.78, 5) is 25.6. The molecule has 1 fully saturated rings. The van der Waals surface area contributed by atoms with Crippen molar-refractivity contribution in [3.8, 4) is 16.9 Å². The number of piperazine rings is 1. The molecule has 0 atom stereocenters. The summed E-state index contributed by atoms with van der Waals surface area (Å²) < 4.78 is 1.58. The number of hydrogen-bond donors (Lipinski definition) is 1. The average Bonchev–Trinajstić information content (AvgIpc) is 3.36. The molecule has 4 aromatic rings. The van der Waals surface area contributed by atoms with Crippen LogP contribution >= 0.6 is 23.2 Å². The van der Waals surface area contributed by atoms with Gasteiger partial charge >= 0.3 is 0 Å². The summed E-state index contributed by atoms with van der Waals surface area (Å²) in [5.41, 5.74) is 3.91. The van der Waals surface area contributed by atoms with E-state index in [0.29, 0.717) is 22.1 Å². The highest BCUT2D eigenvalue weighted by Gasteiger charge is 2.17. The number of carbonyl (C=O) groups is 1. The molecule has 0 aliphatic carbocycles. The Morgan fingerprint density at radius 2 is 1.86 bits per heavy atom. The van der Waals surface area contributed by atoms with Crippen LogP contribution in [0.4, 0.5) is 11.4 Å². The Morgan fingerprint density at radius 1 is 1.03 bits per heavy atom. The quantitative estimate of drug-likeness (QED) is 0.406. The third-order valence-electron chi connectivity index (χ3n) is 5.78. The van der Waals surface area contributed by atoms with Crippen molar-refractivity contribution in [2.24, 2.45) is 0 Å². The molecule has 0 bridgehead atoms. The second-order valence-electron chi connectivity index (χ2n) is 8.24. The molecule has 1 saturated heterocycles. The number of aromatic nitrogens is 5. The van der Waals surface area contributed by atoms with Crippen molar-refractivity contribution in [3.63, 3.8) is 0 Å². The molecular weight excluding hydrogens is 487 g/mol. The smallest absolute Gasteiger partial charge is 0.274 e. The number of hydrogen-bond acceptors (Lipinski definition) is 7. The molecule has 11 heteroatoms. The first-order chi connectivity index (χ1) is 17.0. The molecule has 1 aliphatic heterocycles. The Labute approximate surface area is 212 Å². The van der Waals surface area contributed by atoms with Crippen molar-refractivity contribution in [2.75, 3.05) is 43.4 Å². The molecule has 4 heterocycles. The zero-order valence-corrected chi connectivity index (χ0v) is 20.4. The Hall–Kier alpha value is -3.53. The largest absolute Gasteiger partial charge is 0.368 e. The fourth-order valence-electron chi connectivity index (χ4n) is 3.82. The lowest BCUT2D eigenvalue weighted by molar-refractivity contribution is 0.102. The minimum atomic E-state index is -0.383. The molecule has 5 rings (SSSR count). The number of nitrogens with one attached hydrogen (secondary N) is 1. The fourth-order valence-corrected chi connectivity index (χ4v) is 4.18. The van der Waals surface area contributed by atoms with Crippen LogP contribution in [-0.4, -0.2) is 69.0 Å². The number of pyridine rings is 2. The van der Waals surface area contributed by atoms with Gasteiger partial charge in [0.1, 0.15) is 16.5 Å². The van der Waals surface area contributed by atoms with Crippen molar-refractivity contribution in [1.82, 2.24) is 29.9 Å². The van der Waals surface area contributed by atoms with Crippen LogP contribution in [0.1, 0.15) is 10.5 Å². The molecule has 0 unspecified atom stereocenters. The van der Waals surface area contributed by atoms with E-state index in [9.17, 15) is 4.79 Å². The van der Waals surface area contributed by atoms with Gasteiger partial charge in [-0.1, -0.05) is 34.5 Å². The average molecular weight is 509 g/mol. The maximum atomic E-state index is 12.6. The first kappa shape index (κ1) is 23.2. The first-order valence-electron chi connectivity index (χ1n) is 11.0. The van der Waals surface area contributed by atoms with E-state index in [1.807, 2.05) is 6.20 Å². The van der Waals surface area contributed by atoms with Crippen LogP contribution in [0, 0.1) is 0 Å². The molecule has 35 heavy (non-hydrogen) atoms. The first-order valence-corrected chi connectivity index (χ1v) is 11.8. The molecule has 0 spiro atoms. The maximum Gasteiger partial charge on any atom is 0.274 e. The summed E-state index contributed by atoms with van der Waals surface area (Å²) in [5, 5.41) is 12.1. The van der Waals surface area contributed by atoms with Gasteiger partial charge in [0.2, 0.25) is 0 Å². The lowest BCUT2D eigenvalue weighted by Gasteiger charge is -2.33. The molecule has 0 radical (unpaired) electrons. The van der Waals surface area contributed by atoms with E-state index in [4.69, 9.17) is 23.2 Å². The van der Waals surface area contributed by atoms with Crippen LogP contribution in [0.15, 0.2) is 61.1 Å². The van der Waals surface area contributed by atoms with Crippen molar-refractivity contribution < 1.29 is 4.79 Å². The van der Waals surface area contributed by atoms with E-state index >= 15 is 0 Å². The monoisotopic (exact) mass is 508 g/mol. The number of amides is 1. The van der Waals surface area contributed by atoms with E-state index in [1.165, 1.54) is 0 Å². The molecule has 1 amide bonds. The van der Waals surface area contributed by atoms with Crippen LogP contribution in [-0.2, 0) is 0 Å². The summed E-state index contributed by atoms with van der Waals surface area (Å²) >= 11 is 12.3. The van der Waals surface area contributed by atoms with E-state index in [0.717, 1.165) is 37.4 Å². The van der Waals surface area contributed by atoms with Crippen molar-refractivity contribution in [2.45, 2.75) is 0 Å².